The molecule has 0 unspecified atom stereocenters. The summed E-state index contributed by atoms with van der Waals surface area (Å²) in [6.45, 7) is 0. The molecule has 3 rings (SSSR count). The first-order valence-electron chi connectivity index (χ1n) is 5.68. The lowest BCUT2D eigenvalue weighted by atomic mass is 10.3. The molecular formula is C13H13ClN2O. The zero-order chi connectivity index (χ0) is 11.8. The van der Waals surface area contributed by atoms with E-state index in [4.69, 9.17) is 16.3 Å². The molecule has 1 aliphatic rings. The predicted molar refractivity (Wildman–Crippen MR) is 67.1 cm³/mol. The van der Waals surface area contributed by atoms with Gasteiger partial charge in [-0.25, -0.2) is 4.68 Å². The van der Waals surface area contributed by atoms with Crippen LogP contribution in [0.1, 0.15) is 24.5 Å². The molecule has 3 nitrogen and oxygen atoms in total. The van der Waals surface area contributed by atoms with E-state index in [1.165, 1.54) is 12.8 Å². The van der Waals surface area contributed by atoms with Gasteiger partial charge in [-0.3, -0.25) is 0 Å². The lowest BCUT2D eigenvalue weighted by Gasteiger charge is -2.04. The van der Waals surface area contributed by atoms with Gasteiger partial charge in [-0.2, -0.15) is 5.10 Å². The topological polar surface area (TPSA) is 27.1 Å². The van der Waals surface area contributed by atoms with Crippen LogP contribution in [-0.2, 0) is 0 Å². The first-order valence-corrected chi connectivity index (χ1v) is 6.05. The Morgan fingerprint density at radius 3 is 2.59 bits per heavy atom. The highest BCUT2D eigenvalue weighted by atomic mass is 35.5. The second-order valence-electron chi connectivity index (χ2n) is 4.28. The van der Waals surface area contributed by atoms with Crippen LogP contribution < -0.4 is 4.74 Å². The second kappa shape index (κ2) is 4.08. The smallest absolute Gasteiger partial charge is 0.133 e. The van der Waals surface area contributed by atoms with Crippen molar-refractivity contribution in [2.75, 3.05) is 7.11 Å². The van der Waals surface area contributed by atoms with Gasteiger partial charge in [0, 0.05) is 5.92 Å². The summed E-state index contributed by atoms with van der Waals surface area (Å²) in [5, 5.41) is 5.21. The summed E-state index contributed by atoms with van der Waals surface area (Å²) in [6.07, 6.45) is 2.46. The maximum Gasteiger partial charge on any atom is 0.133 e. The highest BCUT2D eigenvalue weighted by Gasteiger charge is 2.27. The van der Waals surface area contributed by atoms with Gasteiger partial charge in [0.05, 0.1) is 18.5 Å². The van der Waals surface area contributed by atoms with Crippen molar-refractivity contribution in [3.05, 3.63) is 41.2 Å². The van der Waals surface area contributed by atoms with E-state index in [9.17, 15) is 0 Å². The summed E-state index contributed by atoms with van der Waals surface area (Å²) >= 11 is 6.19. The lowest BCUT2D eigenvalue weighted by molar-refractivity contribution is 0.414. The molecule has 0 amide bonds. The van der Waals surface area contributed by atoms with Gasteiger partial charge in [-0.15, -0.1) is 0 Å². The van der Waals surface area contributed by atoms with E-state index in [-0.39, 0.29) is 0 Å². The molecule has 1 saturated carbocycles. The Bertz CT molecular complexity index is 529. The molecule has 0 bridgehead atoms. The molecule has 1 fully saturated rings. The molecule has 17 heavy (non-hydrogen) atoms. The molecule has 0 N–H and O–H groups in total. The molecule has 0 saturated heterocycles. The fraction of sp³-hybridized carbons (Fsp3) is 0.308. The molecule has 4 heteroatoms. The van der Waals surface area contributed by atoms with Crippen molar-refractivity contribution in [3.8, 4) is 11.4 Å². The van der Waals surface area contributed by atoms with Crippen molar-refractivity contribution in [2.45, 2.75) is 18.8 Å². The summed E-state index contributed by atoms with van der Waals surface area (Å²) in [6, 6.07) is 9.68. The van der Waals surface area contributed by atoms with Crippen LogP contribution in [0.5, 0.6) is 5.75 Å². The Hall–Kier alpha value is -1.48. The number of rotatable bonds is 3. The predicted octanol–water partition coefficient (Wildman–Crippen LogP) is 3.41. The van der Waals surface area contributed by atoms with Gasteiger partial charge in [-0.1, -0.05) is 11.6 Å². The molecule has 1 heterocycles. The van der Waals surface area contributed by atoms with Crippen LogP contribution in [-0.4, -0.2) is 16.9 Å². The molecular weight excluding hydrogens is 236 g/mol. The van der Waals surface area contributed by atoms with Crippen LogP contribution >= 0.6 is 11.6 Å². The Kier molecular flexibility index (Phi) is 2.56. The molecule has 0 atom stereocenters. The van der Waals surface area contributed by atoms with Gasteiger partial charge in [0.25, 0.3) is 0 Å². The number of hydrogen-bond acceptors (Lipinski definition) is 2. The Balaban J connectivity index is 1.95. The van der Waals surface area contributed by atoms with Gasteiger partial charge in [0.2, 0.25) is 0 Å². The first-order chi connectivity index (χ1) is 8.28. The summed E-state index contributed by atoms with van der Waals surface area (Å²) < 4.78 is 6.90. The monoisotopic (exact) mass is 248 g/mol. The molecule has 0 spiro atoms. The van der Waals surface area contributed by atoms with Crippen LogP contribution in [0.25, 0.3) is 5.69 Å². The molecule has 2 aromatic rings. The molecule has 1 aromatic carbocycles. The van der Waals surface area contributed by atoms with Crippen LogP contribution in [0.3, 0.4) is 0 Å². The zero-order valence-electron chi connectivity index (χ0n) is 9.56. The van der Waals surface area contributed by atoms with Gasteiger partial charge >= 0.3 is 0 Å². The van der Waals surface area contributed by atoms with E-state index >= 15 is 0 Å². The fourth-order valence-corrected chi connectivity index (χ4v) is 2.11. The number of nitrogens with zero attached hydrogens (tertiary/aromatic N) is 2. The third kappa shape index (κ3) is 2.03. The molecule has 1 aromatic heterocycles. The largest absolute Gasteiger partial charge is 0.497 e. The van der Waals surface area contributed by atoms with Crippen molar-refractivity contribution >= 4 is 11.6 Å². The number of aromatic nitrogens is 2. The fourth-order valence-electron chi connectivity index (χ4n) is 1.86. The molecule has 0 aliphatic heterocycles. The summed E-state index contributed by atoms with van der Waals surface area (Å²) in [7, 11) is 1.65. The Morgan fingerprint density at radius 1 is 1.29 bits per heavy atom. The van der Waals surface area contributed by atoms with Crippen molar-refractivity contribution in [2.24, 2.45) is 0 Å². The van der Waals surface area contributed by atoms with E-state index in [1.807, 2.05) is 30.3 Å². The third-order valence-corrected chi connectivity index (χ3v) is 3.27. The highest BCUT2D eigenvalue weighted by Crippen LogP contribution is 2.40. The minimum Gasteiger partial charge on any atom is -0.497 e. The quantitative estimate of drug-likeness (QED) is 0.832. The maximum absolute atomic E-state index is 6.19. The SMILES string of the molecule is COc1ccc(-n2nc(C3CC3)cc2Cl)cc1. The van der Waals surface area contributed by atoms with E-state index in [2.05, 4.69) is 5.10 Å². The minimum absolute atomic E-state index is 0.618. The van der Waals surface area contributed by atoms with Crippen LogP contribution in [0, 0.1) is 0 Å². The van der Waals surface area contributed by atoms with Gasteiger partial charge in [-0.05, 0) is 43.2 Å². The summed E-state index contributed by atoms with van der Waals surface area (Å²) in [5.74, 6) is 1.45. The van der Waals surface area contributed by atoms with Crippen LogP contribution in [0.4, 0.5) is 0 Å². The number of halogens is 1. The second-order valence-corrected chi connectivity index (χ2v) is 4.66. The molecule has 0 radical (unpaired) electrons. The Labute approximate surface area is 105 Å². The highest BCUT2D eigenvalue weighted by molar-refractivity contribution is 6.29. The van der Waals surface area contributed by atoms with Gasteiger partial charge < -0.3 is 4.74 Å². The van der Waals surface area contributed by atoms with E-state index in [0.717, 1.165) is 17.1 Å². The average Bonchev–Trinajstić information content (AvgIpc) is 3.13. The van der Waals surface area contributed by atoms with Gasteiger partial charge in [0.1, 0.15) is 10.9 Å². The van der Waals surface area contributed by atoms with Crippen molar-refractivity contribution in [3.63, 3.8) is 0 Å². The Morgan fingerprint density at radius 2 is 2.00 bits per heavy atom. The maximum atomic E-state index is 6.19. The van der Waals surface area contributed by atoms with Crippen molar-refractivity contribution < 1.29 is 4.74 Å². The molecule has 1 aliphatic carbocycles. The van der Waals surface area contributed by atoms with E-state index in [0.29, 0.717) is 11.1 Å². The standard InChI is InChI=1S/C13H13ClN2O/c1-17-11-6-4-10(5-7-11)16-13(14)8-12(15-16)9-2-3-9/h4-9H,2-3H2,1H3. The lowest BCUT2D eigenvalue weighted by Crippen LogP contribution is -1.97. The zero-order valence-corrected chi connectivity index (χ0v) is 10.3. The van der Waals surface area contributed by atoms with Crippen molar-refractivity contribution in [1.82, 2.24) is 9.78 Å². The third-order valence-electron chi connectivity index (χ3n) is 3.00. The minimum atomic E-state index is 0.618. The normalized spacial score (nSPS) is 14.9. The number of hydrogen-bond donors (Lipinski definition) is 0. The summed E-state index contributed by atoms with van der Waals surface area (Å²) in [5.41, 5.74) is 2.06. The van der Waals surface area contributed by atoms with Crippen LogP contribution in [0.2, 0.25) is 5.15 Å². The molecule has 88 valence electrons. The summed E-state index contributed by atoms with van der Waals surface area (Å²) in [4.78, 5) is 0. The number of benzene rings is 1. The first kappa shape index (κ1) is 10.7. The average molecular weight is 249 g/mol. The van der Waals surface area contributed by atoms with Crippen LogP contribution in [0.15, 0.2) is 30.3 Å². The number of ether oxygens (including phenoxy) is 1. The van der Waals surface area contributed by atoms with Crippen molar-refractivity contribution in [1.29, 1.82) is 0 Å². The van der Waals surface area contributed by atoms with Gasteiger partial charge in [0.15, 0.2) is 0 Å². The number of methoxy groups -OCH3 is 1. The van der Waals surface area contributed by atoms with E-state index in [1.54, 1.807) is 11.8 Å². The van der Waals surface area contributed by atoms with E-state index < -0.39 is 0 Å².